The van der Waals surface area contributed by atoms with Crippen LogP contribution in [0.5, 0.6) is 0 Å². The summed E-state index contributed by atoms with van der Waals surface area (Å²) in [6.45, 7) is 5.90. The van der Waals surface area contributed by atoms with Crippen LogP contribution >= 0.6 is 0 Å². The van der Waals surface area contributed by atoms with Crippen molar-refractivity contribution in [2.45, 2.75) is 32.1 Å². The first-order chi connectivity index (χ1) is 12.3. The summed E-state index contributed by atoms with van der Waals surface area (Å²) >= 11 is 0. The fourth-order valence-corrected chi connectivity index (χ4v) is 3.89. The number of aromatic nitrogens is 2. The Balaban J connectivity index is 1.64. The van der Waals surface area contributed by atoms with E-state index in [1.807, 2.05) is 44.2 Å². The van der Waals surface area contributed by atoms with Gasteiger partial charge >= 0.3 is 0 Å². The second-order valence-electron chi connectivity index (χ2n) is 6.28. The predicted octanol–water partition coefficient (Wildman–Crippen LogP) is 3.18. The number of hydrogen-bond acceptors (Lipinski definition) is 5. The van der Waals surface area contributed by atoms with E-state index in [9.17, 15) is 8.42 Å². The van der Waals surface area contributed by atoms with E-state index in [1.165, 1.54) is 0 Å². The largest absolute Gasteiger partial charge is 0.421 e. The van der Waals surface area contributed by atoms with Gasteiger partial charge in [-0.15, -0.1) is 10.2 Å². The van der Waals surface area contributed by atoms with Crippen molar-refractivity contribution in [3.63, 3.8) is 0 Å². The van der Waals surface area contributed by atoms with Crippen LogP contribution in [0.15, 0.2) is 51.8 Å². The quantitative estimate of drug-likeness (QED) is 0.719. The molecule has 3 aromatic rings. The fourth-order valence-electron chi connectivity index (χ4n) is 2.64. The lowest BCUT2D eigenvalue weighted by Gasteiger charge is -2.09. The highest BCUT2D eigenvalue weighted by Crippen LogP contribution is 2.19. The number of sulfonamides is 1. The zero-order valence-electron chi connectivity index (χ0n) is 15.0. The van der Waals surface area contributed by atoms with E-state index in [0.29, 0.717) is 18.2 Å². The minimum Gasteiger partial charge on any atom is -0.421 e. The van der Waals surface area contributed by atoms with Crippen LogP contribution in [0.1, 0.15) is 22.6 Å². The van der Waals surface area contributed by atoms with Gasteiger partial charge in [0, 0.05) is 18.5 Å². The molecule has 0 saturated heterocycles. The third kappa shape index (κ3) is 4.17. The van der Waals surface area contributed by atoms with E-state index in [4.69, 9.17) is 4.42 Å². The minimum absolute atomic E-state index is 0.186. The second-order valence-corrected chi connectivity index (χ2v) is 8.02. The molecule has 0 spiro atoms. The van der Waals surface area contributed by atoms with Gasteiger partial charge in [0.2, 0.25) is 21.8 Å². The van der Waals surface area contributed by atoms with E-state index in [0.717, 1.165) is 22.3 Å². The van der Waals surface area contributed by atoms with Crippen LogP contribution in [0.25, 0.3) is 11.5 Å². The summed E-state index contributed by atoms with van der Waals surface area (Å²) in [5.41, 5.74) is 3.73. The molecule has 1 N–H and O–H groups in total. The Hall–Kier alpha value is -2.51. The zero-order chi connectivity index (χ0) is 18.7. The summed E-state index contributed by atoms with van der Waals surface area (Å²) in [6.07, 6.45) is 0.322. The van der Waals surface area contributed by atoms with Gasteiger partial charge in [0.25, 0.3) is 0 Å². The number of nitrogens with zero attached hydrogens (tertiary/aromatic N) is 2. The number of benzene rings is 2. The van der Waals surface area contributed by atoms with Gasteiger partial charge in [0.05, 0.1) is 4.90 Å². The van der Waals surface area contributed by atoms with Crippen molar-refractivity contribution in [3.05, 3.63) is 65.0 Å². The molecular formula is C19H21N3O3S. The highest BCUT2D eigenvalue weighted by atomic mass is 32.2. The first kappa shape index (κ1) is 18.3. The van der Waals surface area contributed by atoms with Gasteiger partial charge in [-0.3, -0.25) is 0 Å². The number of rotatable bonds is 6. The Morgan fingerprint density at radius 3 is 2.35 bits per heavy atom. The second kappa shape index (κ2) is 7.39. The van der Waals surface area contributed by atoms with Crippen LogP contribution in [0.4, 0.5) is 0 Å². The number of aryl methyl sites for hydroxylation is 3. The Kier molecular flexibility index (Phi) is 5.20. The van der Waals surface area contributed by atoms with Crippen LogP contribution in [0.2, 0.25) is 0 Å². The van der Waals surface area contributed by atoms with Crippen LogP contribution < -0.4 is 4.72 Å². The summed E-state index contributed by atoms with van der Waals surface area (Å²) in [6, 6.07) is 13.0. The molecule has 3 rings (SSSR count). The molecule has 136 valence electrons. The molecule has 6 nitrogen and oxygen atoms in total. The Labute approximate surface area is 153 Å². The van der Waals surface area contributed by atoms with E-state index in [2.05, 4.69) is 14.9 Å². The molecular weight excluding hydrogens is 350 g/mol. The lowest BCUT2D eigenvalue weighted by atomic mass is 10.1. The van der Waals surface area contributed by atoms with Crippen molar-refractivity contribution in [3.8, 4) is 11.5 Å². The van der Waals surface area contributed by atoms with Crippen LogP contribution in [0.3, 0.4) is 0 Å². The maximum Gasteiger partial charge on any atom is 0.247 e. The fraction of sp³-hybridized carbons (Fsp3) is 0.263. The summed E-state index contributed by atoms with van der Waals surface area (Å²) < 4.78 is 33.1. The van der Waals surface area contributed by atoms with Crippen molar-refractivity contribution < 1.29 is 12.8 Å². The average molecular weight is 371 g/mol. The lowest BCUT2D eigenvalue weighted by Crippen LogP contribution is -2.26. The molecule has 0 atom stereocenters. The standard InChI is InChI=1S/C19H21N3O3S/c1-13-4-7-16(8-5-13)19-22-21-18(25-19)10-11-20-26(23,24)17-9-6-14(2)12-15(17)3/h4-9,12,20H,10-11H2,1-3H3. The molecule has 2 aromatic carbocycles. The maximum absolute atomic E-state index is 12.4. The topological polar surface area (TPSA) is 85.1 Å². The van der Waals surface area contributed by atoms with Gasteiger partial charge < -0.3 is 4.42 Å². The predicted molar refractivity (Wildman–Crippen MR) is 99.3 cm³/mol. The SMILES string of the molecule is Cc1ccc(-c2nnc(CCNS(=O)(=O)c3ccc(C)cc3C)o2)cc1. The van der Waals surface area contributed by atoms with E-state index in [1.54, 1.807) is 19.1 Å². The Morgan fingerprint density at radius 2 is 1.65 bits per heavy atom. The monoisotopic (exact) mass is 371 g/mol. The van der Waals surface area contributed by atoms with Crippen LogP contribution in [-0.2, 0) is 16.4 Å². The normalized spacial score (nSPS) is 11.7. The highest BCUT2D eigenvalue weighted by molar-refractivity contribution is 7.89. The molecule has 0 fully saturated rings. The lowest BCUT2D eigenvalue weighted by molar-refractivity contribution is 0.502. The molecule has 1 aromatic heterocycles. The first-order valence-corrected chi connectivity index (χ1v) is 9.80. The van der Waals surface area contributed by atoms with Crippen molar-refractivity contribution in [1.82, 2.24) is 14.9 Å². The first-order valence-electron chi connectivity index (χ1n) is 8.31. The molecule has 7 heteroatoms. The number of nitrogens with one attached hydrogen (secondary N) is 1. The van der Waals surface area contributed by atoms with Crippen molar-refractivity contribution in [2.24, 2.45) is 0 Å². The summed E-state index contributed by atoms with van der Waals surface area (Å²) in [7, 11) is -3.57. The zero-order valence-corrected chi connectivity index (χ0v) is 15.8. The molecule has 0 aliphatic heterocycles. The minimum atomic E-state index is -3.57. The maximum atomic E-state index is 12.4. The van der Waals surface area contributed by atoms with Crippen molar-refractivity contribution in [1.29, 1.82) is 0 Å². The van der Waals surface area contributed by atoms with Gasteiger partial charge in [-0.2, -0.15) is 0 Å². The van der Waals surface area contributed by atoms with Gasteiger partial charge in [-0.25, -0.2) is 13.1 Å². The molecule has 0 radical (unpaired) electrons. The van der Waals surface area contributed by atoms with Crippen LogP contribution in [-0.4, -0.2) is 25.2 Å². The summed E-state index contributed by atoms with van der Waals surface area (Å²) in [4.78, 5) is 0.286. The van der Waals surface area contributed by atoms with Gasteiger partial charge in [0.1, 0.15) is 0 Å². The van der Waals surface area contributed by atoms with Crippen molar-refractivity contribution >= 4 is 10.0 Å². The molecule has 0 aliphatic carbocycles. The van der Waals surface area contributed by atoms with E-state index < -0.39 is 10.0 Å². The molecule has 0 aliphatic rings. The van der Waals surface area contributed by atoms with E-state index in [-0.39, 0.29) is 11.4 Å². The van der Waals surface area contributed by atoms with Crippen molar-refractivity contribution in [2.75, 3.05) is 6.54 Å². The Morgan fingerprint density at radius 1 is 0.962 bits per heavy atom. The average Bonchev–Trinajstić information content (AvgIpc) is 3.04. The number of hydrogen-bond donors (Lipinski definition) is 1. The third-order valence-electron chi connectivity index (χ3n) is 4.02. The van der Waals surface area contributed by atoms with E-state index >= 15 is 0 Å². The highest BCUT2D eigenvalue weighted by Gasteiger charge is 2.17. The third-order valence-corrected chi connectivity index (χ3v) is 5.64. The molecule has 1 heterocycles. The molecule has 0 unspecified atom stereocenters. The Bertz CT molecular complexity index is 1010. The molecule has 26 heavy (non-hydrogen) atoms. The van der Waals surface area contributed by atoms with Crippen LogP contribution in [0, 0.1) is 20.8 Å². The molecule has 0 saturated carbocycles. The molecule has 0 amide bonds. The van der Waals surface area contributed by atoms with Gasteiger partial charge in [0.15, 0.2) is 0 Å². The van der Waals surface area contributed by atoms with Gasteiger partial charge in [-0.1, -0.05) is 35.4 Å². The summed E-state index contributed by atoms with van der Waals surface area (Å²) in [5.74, 6) is 0.820. The smallest absolute Gasteiger partial charge is 0.247 e. The molecule has 0 bridgehead atoms. The van der Waals surface area contributed by atoms with Gasteiger partial charge in [-0.05, 0) is 44.5 Å². The summed E-state index contributed by atoms with van der Waals surface area (Å²) in [5, 5.41) is 8.00.